The summed E-state index contributed by atoms with van der Waals surface area (Å²) in [6, 6.07) is -1.79. The van der Waals surface area contributed by atoms with E-state index in [-0.39, 0.29) is 5.84 Å². The average Bonchev–Trinajstić information content (AvgIpc) is 2.26. The number of primary amides is 2. The molecule has 0 fully saturated rings. The van der Waals surface area contributed by atoms with Crippen LogP contribution in [0.15, 0.2) is 17.3 Å². The van der Waals surface area contributed by atoms with Gasteiger partial charge < -0.3 is 16.8 Å². The van der Waals surface area contributed by atoms with Crippen LogP contribution in [0, 0.1) is 0 Å². The molecule has 0 aromatic rings. The summed E-state index contributed by atoms with van der Waals surface area (Å²) in [5, 5.41) is 3.87. The van der Waals surface area contributed by atoms with Crippen molar-refractivity contribution >= 4 is 17.9 Å². The van der Waals surface area contributed by atoms with Crippen LogP contribution >= 0.6 is 0 Å². The van der Waals surface area contributed by atoms with Crippen LogP contribution in [0.1, 0.15) is 0 Å². The van der Waals surface area contributed by atoms with Crippen molar-refractivity contribution in [2.75, 3.05) is 0 Å². The van der Waals surface area contributed by atoms with Crippen LogP contribution in [0.4, 0.5) is 9.59 Å². The SMILES string of the molecule is NC(=O)N(N)C1=NC(N(N)C(N)=O)NC=C1. The van der Waals surface area contributed by atoms with Crippen molar-refractivity contribution < 1.29 is 9.59 Å². The van der Waals surface area contributed by atoms with E-state index in [2.05, 4.69) is 10.3 Å². The second-order valence-electron chi connectivity index (χ2n) is 2.81. The van der Waals surface area contributed by atoms with Gasteiger partial charge in [-0.3, -0.25) is 0 Å². The van der Waals surface area contributed by atoms with Crippen LogP contribution in [0.25, 0.3) is 0 Å². The predicted molar refractivity (Wildman–Crippen MR) is 54.7 cm³/mol. The molecule has 10 heteroatoms. The van der Waals surface area contributed by atoms with Gasteiger partial charge in [-0.1, -0.05) is 0 Å². The Kier molecular flexibility index (Phi) is 3.27. The van der Waals surface area contributed by atoms with Crippen LogP contribution in [0.2, 0.25) is 0 Å². The Balaban J connectivity index is 2.84. The maximum atomic E-state index is 10.8. The van der Waals surface area contributed by atoms with E-state index >= 15 is 0 Å². The van der Waals surface area contributed by atoms with Crippen LogP contribution in [0.3, 0.4) is 0 Å². The molecule has 0 saturated heterocycles. The fraction of sp³-hybridized carbons (Fsp3) is 0.167. The molecule has 4 amide bonds. The number of hydrazine groups is 2. The van der Waals surface area contributed by atoms with Crippen LogP contribution in [-0.2, 0) is 0 Å². The van der Waals surface area contributed by atoms with E-state index in [1.165, 1.54) is 12.3 Å². The average molecular weight is 228 g/mol. The van der Waals surface area contributed by atoms with E-state index in [4.69, 9.17) is 23.2 Å². The first-order valence-electron chi connectivity index (χ1n) is 4.11. The number of rotatable bonds is 1. The maximum Gasteiger partial charge on any atom is 0.335 e. The third-order valence-electron chi connectivity index (χ3n) is 1.73. The molecule has 1 atom stereocenters. The number of aliphatic imine (C=N–C) groups is 1. The lowest BCUT2D eigenvalue weighted by atomic mass is 10.4. The Labute approximate surface area is 90.5 Å². The van der Waals surface area contributed by atoms with Crippen molar-refractivity contribution in [2.24, 2.45) is 28.1 Å². The zero-order valence-electron chi connectivity index (χ0n) is 8.20. The van der Waals surface area contributed by atoms with E-state index in [0.29, 0.717) is 10.0 Å². The third-order valence-corrected chi connectivity index (χ3v) is 1.73. The molecule has 1 heterocycles. The first-order valence-corrected chi connectivity index (χ1v) is 4.11. The second kappa shape index (κ2) is 4.46. The van der Waals surface area contributed by atoms with Gasteiger partial charge in [0, 0.05) is 6.20 Å². The molecule has 16 heavy (non-hydrogen) atoms. The Morgan fingerprint density at radius 3 is 2.44 bits per heavy atom. The quantitative estimate of drug-likeness (QED) is 0.186. The first-order chi connectivity index (χ1) is 7.43. The maximum absolute atomic E-state index is 10.8. The largest absolute Gasteiger partial charge is 0.352 e. The number of nitrogens with two attached hydrogens (primary N) is 4. The lowest BCUT2D eigenvalue weighted by molar-refractivity contribution is 0.178. The van der Waals surface area contributed by atoms with Gasteiger partial charge in [0.05, 0.1) is 0 Å². The Bertz CT molecular complexity index is 364. The Morgan fingerprint density at radius 1 is 1.31 bits per heavy atom. The monoisotopic (exact) mass is 228 g/mol. The molecule has 0 aromatic heterocycles. The van der Waals surface area contributed by atoms with E-state index in [1.807, 2.05) is 0 Å². The fourth-order valence-electron chi connectivity index (χ4n) is 0.933. The summed E-state index contributed by atoms with van der Waals surface area (Å²) >= 11 is 0. The molecule has 1 unspecified atom stereocenters. The molecular formula is C6H12N8O2. The van der Waals surface area contributed by atoms with Gasteiger partial charge in [-0.2, -0.15) is 0 Å². The van der Waals surface area contributed by atoms with Crippen molar-refractivity contribution in [1.82, 2.24) is 15.3 Å². The minimum absolute atomic E-state index is 0.0490. The van der Waals surface area contributed by atoms with Crippen LogP contribution < -0.4 is 28.5 Å². The van der Waals surface area contributed by atoms with E-state index in [9.17, 15) is 9.59 Å². The molecule has 9 N–H and O–H groups in total. The number of amides is 4. The molecule has 88 valence electrons. The van der Waals surface area contributed by atoms with E-state index in [0.717, 1.165) is 0 Å². The van der Waals surface area contributed by atoms with Gasteiger partial charge in [-0.15, -0.1) is 0 Å². The van der Waals surface area contributed by atoms with Gasteiger partial charge in [0.2, 0.25) is 6.29 Å². The highest BCUT2D eigenvalue weighted by atomic mass is 16.2. The summed E-state index contributed by atoms with van der Waals surface area (Å²) in [5.41, 5.74) is 9.88. The number of carbonyl (C=O) groups excluding carboxylic acids is 2. The van der Waals surface area contributed by atoms with Crippen molar-refractivity contribution in [2.45, 2.75) is 6.29 Å². The van der Waals surface area contributed by atoms with Gasteiger partial charge in [0.1, 0.15) is 0 Å². The van der Waals surface area contributed by atoms with E-state index in [1.54, 1.807) is 0 Å². The molecule has 0 spiro atoms. The van der Waals surface area contributed by atoms with Gasteiger partial charge >= 0.3 is 12.1 Å². The second-order valence-corrected chi connectivity index (χ2v) is 2.81. The molecule has 0 aliphatic carbocycles. The van der Waals surface area contributed by atoms with Crippen LogP contribution in [0.5, 0.6) is 0 Å². The van der Waals surface area contributed by atoms with Crippen molar-refractivity contribution in [1.29, 1.82) is 0 Å². The number of amidine groups is 1. The minimum atomic E-state index is -0.942. The molecule has 0 radical (unpaired) electrons. The zero-order chi connectivity index (χ0) is 12.3. The van der Waals surface area contributed by atoms with E-state index < -0.39 is 18.4 Å². The standard InChI is InChI=1S/C6H12N8O2/c7-4(15)13(9)3-1-2-11-6(12-3)14(10)5(8)16/h1-2,6,11H,9-10H2,(H2,7,15)(H2,8,16). The number of hydrogen-bond acceptors (Lipinski definition) is 6. The minimum Gasteiger partial charge on any atom is -0.352 e. The van der Waals surface area contributed by atoms with Gasteiger partial charge in [-0.25, -0.2) is 36.3 Å². The van der Waals surface area contributed by atoms with Crippen molar-refractivity contribution in [3.63, 3.8) is 0 Å². The smallest absolute Gasteiger partial charge is 0.335 e. The molecule has 1 aliphatic heterocycles. The lowest BCUT2D eigenvalue weighted by Crippen LogP contribution is -2.55. The molecular weight excluding hydrogens is 216 g/mol. The van der Waals surface area contributed by atoms with Crippen LogP contribution in [-0.4, -0.2) is 34.2 Å². The molecule has 0 aromatic carbocycles. The van der Waals surface area contributed by atoms with Gasteiger partial charge in [0.25, 0.3) is 0 Å². The number of urea groups is 2. The molecule has 0 bridgehead atoms. The summed E-state index contributed by atoms with van der Waals surface area (Å²) in [5.74, 6) is 10.7. The van der Waals surface area contributed by atoms with Gasteiger partial charge in [-0.05, 0) is 6.08 Å². The first kappa shape index (κ1) is 11.7. The Morgan fingerprint density at radius 2 is 1.94 bits per heavy atom. The zero-order valence-corrected chi connectivity index (χ0v) is 8.20. The summed E-state index contributed by atoms with van der Waals surface area (Å²) in [6.07, 6.45) is 1.84. The molecule has 10 nitrogen and oxygen atoms in total. The molecule has 1 aliphatic rings. The fourth-order valence-corrected chi connectivity index (χ4v) is 0.933. The number of carbonyl (C=O) groups is 2. The number of nitrogens with zero attached hydrogens (tertiary/aromatic N) is 3. The third kappa shape index (κ3) is 2.37. The highest BCUT2D eigenvalue weighted by Crippen LogP contribution is 2.00. The topological polar surface area (TPSA) is 169 Å². The number of hydrogen-bond donors (Lipinski definition) is 5. The highest BCUT2D eigenvalue weighted by molar-refractivity contribution is 6.03. The van der Waals surface area contributed by atoms with Crippen molar-refractivity contribution in [3.8, 4) is 0 Å². The molecule has 1 rings (SSSR count). The van der Waals surface area contributed by atoms with Crippen molar-refractivity contribution in [3.05, 3.63) is 12.3 Å². The lowest BCUT2D eigenvalue weighted by Gasteiger charge is -2.27. The summed E-state index contributed by atoms with van der Waals surface area (Å²) in [7, 11) is 0. The Hall–Kier alpha value is -2.33. The highest BCUT2D eigenvalue weighted by Gasteiger charge is 2.21. The summed E-state index contributed by atoms with van der Waals surface area (Å²) < 4.78 is 0. The summed E-state index contributed by atoms with van der Waals surface area (Å²) in [6.45, 7) is 0. The summed E-state index contributed by atoms with van der Waals surface area (Å²) in [4.78, 5) is 25.4. The normalized spacial score (nSPS) is 18.4. The molecule has 0 saturated carbocycles. The predicted octanol–water partition coefficient (Wildman–Crippen LogP) is -2.71. The van der Waals surface area contributed by atoms with Gasteiger partial charge in [0.15, 0.2) is 5.84 Å². The number of nitrogens with one attached hydrogen (secondary N) is 1.